The molecule has 4 nitrogen and oxygen atoms in total. The fourth-order valence-electron chi connectivity index (χ4n) is 1.28. The molecule has 0 aliphatic heterocycles. The van der Waals surface area contributed by atoms with Crippen LogP contribution in [0.4, 0.5) is 4.39 Å². The van der Waals surface area contributed by atoms with E-state index in [2.05, 4.69) is 4.99 Å². The number of benzene rings is 1. The molecule has 0 saturated carbocycles. The van der Waals surface area contributed by atoms with E-state index in [0.29, 0.717) is 5.56 Å². The van der Waals surface area contributed by atoms with Crippen LogP contribution < -0.4 is 9.47 Å². The van der Waals surface area contributed by atoms with Gasteiger partial charge in [0.2, 0.25) is 11.9 Å². The van der Waals surface area contributed by atoms with Crippen molar-refractivity contribution in [1.82, 2.24) is 0 Å². The highest BCUT2D eigenvalue weighted by molar-refractivity contribution is 6.32. The van der Waals surface area contributed by atoms with Crippen LogP contribution >= 0.6 is 11.6 Å². The van der Waals surface area contributed by atoms with Crippen LogP contribution in [0.3, 0.4) is 0 Å². The molecule has 0 aliphatic carbocycles. The molecule has 0 radical (unpaired) electrons. The second-order valence-electron chi connectivity index (χ2n) is 2.81. The zero-order valence-corrected chi connectivity index (χ0v) is 9.47. The Bertz CT molecular complexity index is 444. The lowest BCUT2D eigenvalue weighted by atomic mass is 10.2. The molecule has 0 saturated heterocycles. The first kappa shape index (κ1) is 12.5. The molecule has 0 N–H and O–H groups in total. The Hall–Kier alpha value is -1.58. The van der Waals surface area contributed by atoms with Gasteiger partial charge in [0.25, 0.3) is 0 Å². The van der Waals surface area contributed by atoms with Gasteiger partial charge in [-0.3, -0.25) is 0 Å². The van der Waals surface area contributed by atoms with E-state index in [1.54, 1.807) is 0 Å². The SMILES string of the molecule is COc1c(Cl)cc(CN=C=O)c(OC)c1F. The highest BCUT2D eigenvalue weighted by atomic mass is 35.5. The molecule has 0 heterocycles. The molecular weight excluding hydrogens is 237 g/mol. The number of rotatable bonds is 4. The second kappa shape index (κ2) is 5.49. The second-order valence-corrected chi connectivity index (χ2v) is 3.21. The molecule has 1 rings (SSSR count). The van der Waals surface area contributed by atoms with Gasteiger partial charge >= 0.3 is 0 Å². The van der Waals surface area contributed by atoms with Crippen LogP contribution in [0.2, 0.25) is 5.02 Å². The van der Waals surface area contributed by atoms with E-state index in [1.165, 1.54) is 26.4 Å². The molecule has 0 fully saturated rings. The number of methoxy groups -OCH3 is 2. The number of isocyanates is 1. The summed E-state index contributed by atoms with van der Waals surface area (Å²) in [5.41, 5.74) is 0.356. The van der Waals surface area contributed by atoms with E-state index in [-0.39, 0.29) is 23.1 Å². The van der Waals surface area contributed by atoms with E-state index < -0.39 is 5.82 Å². The van der Waals surface area contributed by atoms with Crippen molar-refractivity contribution < 1.29 is 18.7 Å². The van der Waals surface area contributed by atoms with E-state index in [1.807, 2.05) is 0 Å². The van der Waals surface area contributed by atoms with Crippen molar-refractivity contribution in [2.24, 2.45) is 4.99 Å². The van der Waals surface area contributed by atoms with E-state index in [9.17, 15) is 9.18 Å². The van der Waals surface area contributed by atoms with Gasteiger partial charge in [-0.05, 0) is 6.07 Å². The molecule has 0 amide bonds. The maximum absolute atomic E-state index is 13.7. The van der Waals surface area contributed by atoms with Crippen molar-refractivity contribution >= 4 is 17.7 Å². The monoisotopic (exact) mass is 245 g/mol. The topological polar surface area (TPSA) is 47.9 Å². The zero-order chi connectivity index (χ0) is 12.1. The Balaban J connectivity index is 3.33. The van der Waals surface area contributed by atoms with Gasteiger partial charge in [-0.25, -0.2) is 9.79 Å². The number of carbonyl (C=O) groups excluding carboxylic acids is 1. The molecule has 1 aromatic rings. The van der Waals surface area contributed by atoms with Gasteiger partial charge in [0.05, 0.1) is 25.8 Å². The van der Waals surface area contributed by atoms with E-state index in [0.717, 1.165) is 0 Å². The predicted molar refractivity (Wildman–Crippen MR) is 56.3 cm³/mol. The Kier molecular flexibility index (Phi) is 4.28. The Morgan fingerprint density at radius 3 is 2.56 bits per heavy atom. The number of ether oxygens (including phenoxy) is 2. The maximum atomic E-state index is 13.7. The molecule has 0 aromatic heterocycles. The first-order chi connectivity index (χ1) is 7.65. The van der Waals surface area contributed by atoms with Gasteiger partial charge in [-0.15, -0.1) is 0 Å². The lowest BCUT2D eigenvalue weighted by Gasteiger charge is -2.12. The standard InChI is InChI=1S/C10H9ClFNO3/c1-15-9-6(4-13-5-14)3-7(11)10(16-2)8(9)12/h3H,4H2,1-2H3. The molecule has 0 spiro atoms. The normalized spacial score (nSPS) is 9.50. The van der Waals surface area contributed by atoms with Crippen molar-refractivity contribution in [1.29, 1.82) is 0 Å². The van der Waals surface area contributed by atoms with Crippen molar-refractivity contribution in [3.63, 3.8) is 0 Å². The number of aliphatic imine (C=N–C) groups is 1. The summed E-state index contributed by atoms with van der Waals surface area (Å²) in [5.74, 6) is -0.855. The van der Waals surface area contributed by atoms with Gasteiger partial charge in [-0.1, -0.05) is 11.6 Å². The third-order valence-corrected chi connectivity index (χ3v) is 2.21. The van der Waals surface area contributed by atoms with Crippen LogP contribution in [0.1, 0.15) is 5.56 Å². The molecule has 0 unspecified atom stereocenters. The molecule has 0 bridgehead atoms. The first-order valence-electron chi connectivity index (χ1n) is 4.28. The van der Waals surface area contributed by atoms with Gasteiger partial charge in [0.1, 0.15) is 0 Å². The molecule has 0 aliphatic rings. The molecule has 0 atom stereocenters. The summed E-state index contributed by atoms with van der Waals surface area (Å²) in [6.07, 6.45) is 1.36. The van der Waals surface area contributed by atoms with Gasteiger partial charge in [-0.2, -0.15) is 4.39 Å². The molecule has 6 heteroatoms. The van der Waals surface area contributed by atoms with E-state index >= 15 is 0 Å². The minimum Gasteiger partial charge on any atom is -0.493 e. The van der Waals surface area contributed by atoms with Crippen LogP contribution in [0.5, 0.6) is 11.5 Å². The number of hydrogen-bond donors (Lipinski definition) is 0. The van der Waals surface area contributed by atoms with Crippen LogP contribution in [-0.2, 0) is 11.3 Å². The summed E-state index contributed by atoms with van der Waals surface area (Å²) in [6, 6.07) is 1.43. The van der Waals surface area contributed by atoms with Crippen molar-refractivity contribution in [3.8, 4) is 11.5 Å². The predicted octanol–water partition coefficient (Wildman–Crippen LogP) is 2.33. The fraction of sp³-hybridized carbons (Fsp3) is 0.300. The smallest absolute Gasteiger partial charge is 0.235 e. The van der Waals surface area contributed by atoms with Crippen molar-refractivity contribution in [3.05, 3.63) is 22.5 Å². The third-order valence-electron chi connectivity index (χ3n) is 1.93. The summed E-state index contributed by atoms with van der Waals surface area (Å²) in [4.78, 5) is 13.3. The van der Waals surface area contributed by atoms with Crippen LogP contribution in [0.15, 0.2) is 11.1 Å². The number of halogens is 2. The largest absolute Gasteiger partial charge is 0.493 e. The van der Waals surface area contributed by atoms with Crippen LogP contribution in [-0.4, -0.2) is 20.3 Å². The first-order valence-corrected chi connectivity index (χ1v) is 4.66. The van der Waals surface area contributed by atoms with Gasteiger partial charge in [0.15, 0.2) is 11.5 Å². The Labute approximate surface area is 96.6 Å². The van der Waals surface area contributed by atoms with Crippen molar-refractivity contribution in [2.45, 2.75) is 6.54 Å². The summed E-state index contributed by atoms with van der Waals surface area (Å²) in [6.45, 7) is -0.0483. The van der Waals surface area contributed by atoms with Crippen molar-refractivity contribution in [2.75, 3.05) is 14.2 Å². The average Bonchev–Trinajstić information content (AvgIpc) is 2.26. The highest BCUT2D eigenvalue weighted by Crippen LogP contribution is 2.37. The molecule has 16 heavy (non-hydrogen) atoms. The third kappa shape index (κ3) is 2.32. The van der Waals surface area contributed by atoms with Crippen LogP contribution in [0, 0.1) is 5.82 Å². The summed E-state index contributed by atoms with van der Waals surface area (Å²) >= 11 is 5.78. The van der Waals surface area contributed by atoms with Gasteiger partial charge in [0, 0.05) is 5.56 Å². The lowest BCUT2D eigenvalue weighted by Crippen LogP contribution is -1.99. The molecule has 86 valence electrons. The summed E-state index contributed by atoms with van der Waals surface area (Å²) in [5, 5.41) is 0.0944. The van der Waals surface area contributed by atoms with Crippen LogP contribution in [0.25, 0.3) is 0 Å². The zero-order valence-electron chi connectivity index (χ0n) is 8.71. The quantitative estimate of drug-likeness (QED) is 0.604. The molecular formula is C10H9ClFNO3. The summed E-state index contributed by atoms with van der Waals surface area (Å²) < 4.78 is 23.4. The fourth-order valence-corrected chi connectivity index (χ4v) is 1.57. The summed E-state index contributed by atoms with van der Waals surface area (Å²) in [7, 11) is 2.60. The minimum absolute atomic E-state index is 0.0414. The minimum atomic E-state index is -0.714. The number of nitrogens with zero attached hydrogens (tertiary/aromatic N) is 1. The highest BCUT2D eigenvalue weighted by Gasteiger charge is 2.18. The molecule has 1 aromatic carbocycles. The Morgan fingerprint density at radius 1 is 1.44 bits per heavy atom. The lowest BCUT2D eigenvalue weighted by molar-refractivity contribution is 0.347. The van der Waals surface area contributed by atoms with E-state index in [4.69, 9.17) is 21.1 Å². The number of hydrogen-bond acceptors (Lipinski definition) is 4. The van der Waals surface area contributed by atoms with Gasteiger partial charge < -0.3 is 9.47 Å². The average molecular weight is 246 g/mol. The Morgan fingerprint density at radius 2 is 2.06 bits per heavy atom. The maximum Gasteiger partial charge on any atom is 0.235 e.